The molecule has 1 fully saturated rings. The van der Waals surface area contributed by atoms with E-state index in [1.165, 1.54) is 0 Å². The molecule has 0 N–H and O–H groups in total. The van der Waals surface area contributed by atoms with E-state index >= 15 is 0 Å². The van der Waals surface area contributed by atoms with Gasteiger partial charge in [0.1, 0.15) is 0 Å². The average molecular weight is 411 g/mol. The Morgan fingerprint density at radius 2 is 1.45 bits per heavy atom. The first-order valence-electron chi connectivity index (χ1n) is 11.0. The Hall–Kier alpha value is -3.40. The smallest absolute Gasteiger partial charge is 0.258 e. The molecule has 4 heteroatoms. The van der Waals surface area contributed by atoms with Crippen LogP contribution in [-0.2, 0) is 4.79 Å². The van der Waals surface area contributed by atoms with Crippen LogP contribution in [0.25, 0.3) is 0 Å². The molecule has 0 spiro atoms. The number of fused-ring (bicyclic) bond motifs is 1. The maximum atomic E-state index is 13.4. The van der Waals surface area contributed by atoms with Crippen molar-refractivity contribution in [1.29, 1.82) is 0 Å². The maximum absolute atomic E-state index is 13.4. The molecule has 5 rings (SSSR count). The van der Waals surface area contributed by atoms with Gasteiger partial charge in [-0.2, -0.15) is 0 Å². The number of hydrogen-bond donors (Lipinski definition) is 0. The fourth-order valence-corrected chi connectivity index (χ4v) is 4.63. The molecule has 0 radical (unpaired) electrons. The number of rotatable bonds is 4. The first-order valence-corrected chi connectivity index (χ1v) is 11.0. The Bertz CT molecular complexity index is 1090. The lowest BCUT2D eigenvalue weighted by Crippen LogP contribution is -2.48. The number of carbonyl (C=O) groups excluding carboxylic acids is 2. The minimum absolute atomic E-state index is 0.00113. The van der Waals surface area contributed by atoms with E-state index in [0.717, 1.165) is 29.8 Å². The summed E-state index contributed by atoms with van der Waals surface area (Å²) in [5.41, 5.74) is 3.53. The predicted octanol–water partition coefficient (Wildman–Crippen LogP) is 5.61. The zero-order valence-electron chi connectivity index (χ0n) is 17.6. The highest BCUT2D eigenvalue weighted by molar-refractivity contribution is 6.07. The van der Waals surface area contributed by atoms with Gasteiger partial charge in [0.25, 0.3) is 5.91 Å². The van der Waals surface area contributed by atoms with Gasteiger partial charge in [0, 0.05) is 28.9 Å². The van der Waals surface area contributed by atoms with Gasteiger partial charge in [-0.25, -0.2) is 0 Å². The van der Waals surface area contributed by atoms with Gasteiger partial charge >= 0.3 is 0 Å². The largest absolute Gasteiger partial charge is 0.305 e. The summed E-state index contributed by atoms with van der Waals surface area (Å²) in [6.07, 6.45) is 2.62. The lowest BCUT2D eigenvalue weighted by Gasteiger charge is -2.43. The van der Waals surface area contributed by atoms with E-state index < -0.39 is 0 Å². The van der Waals surface area contributed by atoms with Crippen LogP contribution in [0, 0.1) is 5.92 Å². The minimum atomic E-state index is -0.0958. The summed E-state index contributed by atoms with van der Waals surface area (Å²) < 4.78 is 0. The zero-order chi connectivity index (χ0) is 21.4. The topological polar surface area (TPSA) is 40.6 Å². The number of hydrogen-bond acceptors (Lipinski definition) is 2. The molecule has 0 saturated heterocycles. The summed E-state index contributed by atoms with van der Waals surface area (Å²) in [7, 11) is 0. The molecule has 3 aromatic carbocycles. The summed E-state index contributed by atoms with van der Waals surface area (Å²) in [5.74, 6) is 0.312. The van der Waals surface area contributed by atoms with Gasteiger partial charge in [-0.3, -0.25) is 9.59 Å². The van der Waals surface area contributed by atoms with Gasteiger partial charge in [0.05, 0.1) is 6.04 Å². The van der Waals surface area contributed by atoms with Crippen LogP contribution < -0.4 is 9.80 Å². The number of carbonyl (C=O) groups is 2. The molecule has 0 bridgehead atoms. The summed E-state index contributed by atoms with van der Waals surface area (Å²) in [4.78, 5) is 30.7. The fourth-order valence-electron chi connectivity index (χ4n) is 4.63. The highest BCUT2D eigenvalue weighted by Crippen LogP contribution is 2.45. The molecule has 1 heterocycles. The van der Waals surface area contributed by atoms with E-state index in [1.54, 1.807) is 0 Å². The van der Waals surface area contributed by atoms with E-state index in [1.807, 2.05) is 88.7 Å². The van der Waals surface area contributed by atoms with Crippen molar-refractivity contribution in [3.63, 3.8) is 0 Å². The van der Waals surface area contributed by atoms with E-state index in [0.29, 0.717) is 12.0 Å². The van der Waals surface area contributed by atoms with Crippen molar-refractivity contribution in [3.8, 4) is 0 Å². The van der Waals surface area contributed by atoms with E-state index in [4.69, 9.17) is 0 Å². The average Bonchev–Trinajstić information content (AvgIpc) is 3.66. The number of anilines is 2. The minimum Gasteiger partial charge on any atom is -0.305 e. The third-order valence-corrected chi connectivity index (χ3v) is 6.31. The number of amides is 2. The van der Waals surface area contributed by atoms with Gasteiger partial charge < -0.3 is 9.80 Å². The first-order chi connectivity index (χ1) is 15.1. The highest BCUT2D eigenvalue weighted by atomic mass is 16.2. The molecule has 0 aromatic heterocycles. The van der Waals surface area contributed by atoms with Crippen molar-refractivity contribution in [3.05, 3.63) is 96.1 Å². The first kappa shape index (κ1) is 19.6. The number of para-hydroxylation sites is 2. The van der Waals surface area contributed by atoms with Crippen LogP contribution in [0.3, 0.4) is 0 Å². The fraction of sp³-hybridized carbons (Fsp3) is 0.259. The molecule has 1 aliphatic heterocycles. The number of benzene rings is 3. The lowest BCUT2D eigenvalue weighted by molar-refractivity contribution is -0.120. The Morgan fingerprint density at radius 1 is 0.839 bits per heavy atom. The van der Waals surface area contributed by atoms with E-state index in [-0.39, 0.29) is 29.8 Å². The molecule has 3 aromatic rings. The van der Waals surface area contributed by atoms with Gasteiger partial charge in [-0.15, -0.1) is 0 Å². The van der Waals surface area contributed by atoms with Crippen molar-refractivity contribution >= 4 is 23.2 Å². The molecule has 1 saturated carbocycles. The molecular weight excluding hydrogens is 384 g/mol. The van der Waals surface area contributed by atoms with Gasteiger partial charge in [-0.05, 0) is 62.1 Å². The maximum Gasteiger partial charge on any atom is 0.258 e. The zero-order valence-corrected chi connectivity index (χ0v) is 17.6. The van der Waals surface area contributed by atoms with Crippen LogP contribution in [0.1, 0.15) is 48.1 Å². The van der Waals surface area contributed by atoms with Crippen LogP contribution in [0.2, 0.25) is 0 Å². The van der Waals surface area contributed by atoms with Gasteiger partial charge in [-0.1, -0.05) is 54.6 Å². The van der Waals surface area contributed by atoms with Gasteiger partial charge in [0.15, 0.2) is 0 Å². The van der Waals surface area contributed by atoms with Crippen molar-refractivity contribution in [2.75, 3.05) is 9.80 Å². The molecule has 1 aliphatic carbocycles. The molecule has 31 heavy (non-hydrogen) atoms. The number of nitrogens with zero attached hydrogens (tertiary/aromatic N) is 2. The van der Waals surface area contributed by atoms with Crippen molar-refractivity contribution in [2.24, 2.45) is 5.92 Å². The molecular formula is C27H26N2O2. The Labute approximate surface area is 183 Å². The Kier molecular flexibility index (Phi) is 5.06. The standard InChI is InChI=1S/C27H26N2O2/c1-19-18-25(29(27(31)21-16-17-21)22-12-6-3-7-13-22)23-14-8-9-15-24(23)28(19)26(30)20-10-4-2-5-11-20/h2-15,19,21,25H,16-18H2,1H3/t19-,25+/m1/s1. The third-order valence-electron chi connectivity index (χ3n) is 6.31. The second-order valence-electron chi connectivity index (χ2n) is 8.52. The van der Waals surface area contributed by atoms with Gasteiger partial charge in [0.2, 0.25) is 5.91 Å². The molecule has 2 amide bonds. The summed E-state index contributed by atoms with van der Waals surface area (Å²) >= 11 is 0. The van der Waals surface area contributed by atoms with E-state index in [9.17, 15) is 9.59 Å². The Morgan fingerprint density at radius 3 is 2.13 bits per heavy atom. The second kappa shape index (κ2) is 8.03. The van der Waals surface area contributed by atoms with Crippen LogP contribution in [0.4, 0.5) is 11.4 Å². The summed E-state index contributed by atoms with van der Waals surface area (Å²) in [6.45, 7) is 2.08. The monoisotopic (exact) mass is 410 g/mol. The van der Waals surface area contributed by atoms with Crippen LogP contribution >= 0.6 is 0 Å². The lowest BCUT2D eigenvalue weighted by atomic mass is 9.89. The van der Waals surface area contributed by atoms with Crippen LogP contribution in [0.5, 0.6) is 0 Å². The van der Waals surface area contributed by atoms with Crippen LogP contribution in [0.15, 0.2) is 84.9 Å². The quantitative estimate of drug-likeness (QED) is 0.561. The summed E-state index contributed by atoms with van der Waals surface area (Å²) in [5, 5.41) is 0. The molecule has 2 atom stereocenters. The normalized spacial score (nSPS) is 20.1. The predicted molar refractivity (Wildman–Crippen MR) is 123 cm³/mol. The second-order valence-corrected chi connectivity index (χ2v) is 8.52. The third kappa shape index (κ3) is 3.63. The van der Waals surface area contributed by atoms with E-state index in [2.05, 4.69) is 13.0 Å². The van der Waals surface area contributed by atoms with Crippen molar-refractivity contribution < 1.29 is 9.59 Å². The SMILES string of the molecule is C[C@@H]1C[C@H](N(C(=O)C2CC2)c2ccccc2)c2ccccc2N1C(=O)c1ccccc1. The van der Waals surface area contributed by atoms with Crippen LogP contribution in [-0.4, -0.2) is 17.9 Å². The molecule has 4 nitrogen and oxygen atoms in total. The molecule has 156 valence electrons. The van der Waals surface area contributed by atoms with Crippen molar-refractivity contribution in [1.82, 2.24) is 0 Å². The van der Waals surface area contributed by atoms with Crippen molar-refractivity contribution in [2.45, 2.75) is 38.3 Å². The highest BCUT2D eigenvalue weighted by Gasteiger charge is 2.42. The molecule has 2 aliphatic rings. The Balaban J connectivity index is 1.58. The summed E-state index contributed by atoms with van der Waals surface area (Å²) in [6, 6.07) is 27.3. The molecule has 0 unspecified atom stereocenters.